The molecule has 0 unspecified atom stereocenters. The van der Waals surface area contributed by atoms with Gasteiger partial charge in [-0.2, -0.15) is 23.7 Å². The number of nitrogens with zero attached hydrogens (tertiary/aromatic N) is 5. The Morgan fingerprint density at radius 3 is 2.25 bits per heavy atom. The van der Waals surface area contributed by atoms with E-state index in [1.165, 1.54) is 12.1 Å². The van der Waals surface area contributed by atoms with Gasteiger partial charge in [0.1, 0.15) is 5.75 Å². The maximum atomic E-state index is 13.0. The van der Waals surface area contributed by atoms with Crippen LogP contribution in [0, 0.1) is 11.3 Å². The van der Waals surface area contributed by atoms with Gasteiger partial charge in [-0.25, -0.2) is 0 Å². The van der Waals surface area contributed by atoms with Crippen molar-refractivity contribution in [1.82, 2.24) is 19.8 Å². The Morgan fingerprint density at radius 1 is 0.929 bits per heavy atom. The largest absolute Gasteiger partial charge is 0.433 e. The van der Waals surface area contributed by atoms with Crippen molar-refractivity contribution in [1.29, 1.82) is 5.26 Å². The van der Waals surface area contributed by atoms with Gasteiger partial charge < -0.3 is 4.74 Å². The summed E-state index contributed by atoms with van der Waals surface area (Å²) in [6, 6.07) is 18.8. The van der Waals surface area contributed by atoms with E-state index in [0.717, 1.165) is 11.1 Å². The lowest BCUT2D eigenvalue weighted by molar-refractivity contribution is -0.158. The van der Waals surface area contributed by atoms with Gasteiger partial charge in [0.15, 0.2) is 11.5 Å². The molecular formula is C20H13F2N5O. The maximum absolute atomic E-state index is 13.0. The number of aromatic nitrogens is 4. The van der Waals surface area contributed by atoms with Gasteiger partial charge in [0.2, 0.25) is 0 Å². The van der Waals surface area contributed by atoms with Crippen molar-refractivity contribution in [2.24, 2.45) is 0 Å². The van der Waals surface area contributed by atoms with Crippen molar-refractivity contribution in [3.63, 3.8) is 0 Å². The molecule has 28 heavy (non-hydrogen) atoms. The summed E-state index contributed by atoms with van der Waals surface area (Å²) in [5.41, 5.74) is 3.23. The number of alkyl halides is 2. The van der Waals surface area contributed by atoms with Crippen LogP contribution in [0.4, 0.5) is 8.78 Å². The van der Waals surface area contributed by atoms with Gasteiger partial charge in [-0.15, -0.1) is 10.2 Å². The van der Waals surface area contributed by atoms with Crippen LogP contribution >= 0.6 is 0 Å². The number of rotatable bonds is 4. The fourth-order valence-corrected chi connectivity index (χ4v) is 2.72. The average Bonchev–Trinajstić information content (AvgIpc) is 3.10. The number of nitriles is 1. The summed E-state index contributed by atoms with van der Waals surface area (Å²) in [6.45, 7) is 0.688. The summed E-state index contributed by atoms with van der Waals surface area (Å²) in [7, 11) is 0. The molecule has 0 radical (unpaired) electrons. The molecule has 0 aliphatic carbocycles. The minimum absolute atomic E-state index is 0.0693. The molecule has 0 spiro atoms. The van der Waals surface area contributed by atoms with E-state index in [9.17, 15) is 8.78 Å². The minimum Gasteiger partial charge on any atom is -0.433 e. The third-order valence-corrected chi connectivity index (χ3v) is 3.98. The summed E-state index contributed by atoms with van der Waals surface area (Å²) in [6.07, 6.45) is -3.24. The number of hydrogen-bond donors (Lipinski definition) is 0. The summed E-state index contributed by atoms with van der Waals surface area (Å²) in [5, 5.41) is 21.8. The topological polar surface area (TPSA) is 76.1 Å². The van der Waals surface area contributed by atoms with Crippen LogP contribution in [-0.4, -0.2) is 25.9 Å². The van der Waals surface area contributed by atoms with E-state index in [4.69, 9.17) is 5.26 Å². The zero-order valence-electron chi connectivity index (χ0n) is 14.7. The molecular weight excluding hydrogens is 364 g/mol. The Kier molecular flexibility index (Phi) is 4.20. The SMILES string of the molecule is CC(F)(F)Oc1ccc(-c2ccc3nnc(-c4ccc(C#N)cc4)n3n2)cc1. The summed E-state index contributed by atoms with van der Waals surface area (Å²) in [5.74, 6) is 0.604. The molecule has 0 N–H and O–H groups in total. The van der Waals surface area contributed by atoms with Gasteiger partial charge in [0, 0.05) is 18.1 Å². The lowest BCUT2D eigenvalue weighted by Crippen LogP contribution is -2.18. The molecule has 0 saturated carbocycles. The Hall–Kier alpha value is -3.86. The Labute approximate surface area is 158 Å². The first kappa shape index (κ1) is 17.5. The van der Waals surface area contributed by atoms with Gasteiger partial charge >= 0.3 is 6.11 Å². The molecule has 138 valence electrons. The number of hydrogen-bond acceptors (Lipinski definition) is 5. The first-order chi connectivity index (χ1) is 13.4. The van der Waals surface area contributed by atoms with Crippen LogP contribution in [0.15, 0.2) is 60.7 Å². The number of benzene rings is 2. The highest BCUT2D eigenvalue weighted by Crippen LogP contribution is 2.26. The average molecular weight is 377 g/mol. The number of ether oxygens (including phenoxy) is 1. The quantitative estimate of drug-likeness (QED) is 0.529. The minimum atomic E-state index is -3.24. The second-order valence-electron chi connectivity index (χ2n) is 6.14. The molecule has 0 amide bonds. The molecule has 0 saturated heterocycles. The van der Waals surface area contributed by atoms with E-state index in [-0.39, 0.29) is 5.75 Å². The molecule has 2 aromatic heterocycles. The van der Waals surface area contributed by atoms with Crippen molar-refractivity contribution >= 4 is 5.65 Å². The van der Waals surface area contributed by atoms with Crippen LogP contribution in [-0.2, 0) is 0 Å². The van der Waals surface area contributed by atoms with Gasteiger partial charge in [-0.3, -0.25) is 0 Å². The van der Waals surface area contributed by atoms with Gasteiger partial charge in [-0.1, -0.05) is 0 Å². The highest BCUT2D eigenvalue weighted by molar-refractivity contribution is 5.64. The molecule has 8 heteroatoms. The van der Waals surface area contributed by atoms with E-state index in [1.807, 2.05) is 0 Å². The van der Waals surface area contributed by atoms with E-state index >= 15 is 0 Å². The van der Waals surface area contributed by atoms with E-state index in [0.29, 0.717) is 29.7 Å². The molecule has 0 aliphatic heterocycles. The van der Waals surface area contributed by atoms with Gasteiger partial charge in [0.25, 0.3) is 0 Å². The second-order valence-corrected chi connectivity index (χ2v) is 6.14. The molecule has 0 fully saturated rings. The van der Waals surface area contributed by atoms with E-state index in [2.05, 4.69) is 26.1 Å². The molecule has 0 aliphatic rings. The Balaban J connectivity index is 1.70. The number of fused-ring (bicyclic) bond motifs is 1. The summed E-state index contributed by atoms with van der Waals surface area (Å²) >= 11 is 0. The van der Waals surface area contributed by atoms with Crippen molar-refractivity contribution < 1.29 is 13.5 Å². The van der Waals surface area contributed by atoms with Crippen molar-refractivity contribution in [3.8, 4) is 34.5 Å². The van der Waals surface area contributed by atoms with Crippen molar-refractivity contribution in [2.75, 3.05) is 0 Å². The monoisotopic (exact) mass is 377 g/mol. The van der Waals surface area contributed by atoms with E-state index < -0.39 is 6.11 Å². The zero-order valence-corrected chi connectivity index (χ0v) is 14.7. The molecule has 0 bridgehead atoms. The smallest absolute Gasteiger partial charge is 0.394 e. The molecule has 4 aromatic rings. The fourth-order valence-electron chi connectivity index (χ4n) is 2.72. The highest BCUT2D eigenvalue weighted by atomic mass is 19.3. The van der Waals surface area contributed by atoms with Crippen molar-refractivity contribution in [2.45, 2.75) is 13.0 Å². The highest BCUT2D eigenvalue weighted by Gasteiger charge is 2.23. The number of halogens is 2. The first-order valence-electron chi connectivity index (χ1n) is 8.33. The fraction of sp³-hybridized carbons (Fsp3) is 0.100. The summed E-state index contributed by atoms with van der Waals surface area (Å²) in [4.78, 5) is 0. The van der Waals surface area contributed by atoms with Gasteiger partial charge in [0.05, 0.1) is 17.3 Å². The Bertz CT molecular complexity index is 1170. The third kappa shape index (κ3) is 3.50. The lowest BCUT2D eigenvalue weighted by atomic mass is 10.1. The first-order valence-corrected chi connectivity index (χ1v) is 8.33. The molecule has 0 atom stereocenters. The Morgan fingerprint density at radius 2 is 1.61 bits per heavy atom. The normalized spacial score (nSPS) is 11.4. The second kappa shape index (κ2) is 6.70. The molecule has 6 nitrogen and oxygen atoms in total. The summed E-state index contributed by atoms with van der Waals surface area (Å²) < 4.78 is 32.1. The van der Waals surface area contributed by atoms with Crippen molar-refractivity contribution in [3.05, 3.63) is 66.2 Å². The maximum Gasteiger partial charge on any atom is 0.394 e. The predicted molar refractivity (Wildman–Crippen MR) is 97.6 cm³/mol. The molecule has 2 aromatic carbocycles. The van der Waals surface area contributed by atoms with Gasteiger partial charge in [-0.05, 0) is 60.7 Å². The zero-order chi connectivity index (χ0) is 19.7. The van der Waals surface area contributed by atoms with Crippen LogP contribution in [0.5, 0.6) is 5.75 Å². The third-order valence-electron chi connectivity index (χ3n) is 3.98. The lowest BCUT2D eigenvalue weighted by Gasteiger charge is -2.13. The standard InChI is InChI=1S/C20H13F2N5O/c1-20(21,22)28-16-8-6-14(7-9-16)17-10-11-18-24-25-19(27(18)26-17)15-4-2-13(12-23)3-5-15/h2-11H,1H3. The van der Waals surface area contributed by atoms with E-state index in [1.54, 1.807) is 53.0 Å². The van der Waals surface area contributed by atoms with Crippen LogP contribution < -0.4 is 4.74 Å². The molecule has 2 heterocycles. The van der Waals surface area contributed by atoms with Crippen LogP contribution in [0.1, 0.15) is 12.5 Å². The van der Waals surface area contributed by atoms with Crippen LogP contribution in [0.25, 0.3) is 28.3 Å². The molecule has 4 rings (SSSR count). The van der Waals surface area contributed by atoms with Crippen LogP contribution in [0.3, 0.4) is 0 Å². The van der Waals surface area contributed by atoms with Crippen LogP contribution in [0.2, 0.25) is 0 Å². The predicted octanol–water partition coefficient (Wildman–Crippen LogP) is 4.32.